The lowest BCUT2D eigenvalue weighted by molar-refractivity contribution is 0.0673. The van der Waals surface area contributed by atoms with Crippen LogP contribution in [-0.4, -0.2) is 43.4 Å². The van der Waals surface area contributed by atoms with Crippen molar-refractivity contribution >= 4 is 33.7 Å². The number of ether oxygens (including phenoxy) is 2. The first-order valence-electron chi connectivity index (χ1n) is 8.33. The molecule has 0 unspecified atom stereocenters. The minimum absolute atomic E-state index is 0.248. The summed E-state index contributed by atoms with van der Waals surface area (Å²) in [5.41, 5.74) is 13.1. The van der Waals surface area contributed by atoms with E-state index in [0.717, 1.165) is 21.8 Å². The van der Waals surface area contributed by atoms with Gasteiger partial charge in [0.2, 0.25) is 0 Å². The van der Waals surface area contributed by atoms with Gasteiger partial charge in [0.1, 0.15) is 0 Å². The summed E-state index contributed by atoms with van der Waals surface area (Å²) in [4.78, 5) is 15.8. The number of carbonyl (C=O) groups excluding carboxylic acids is 1. The predicted octanol–water partition coefficient (Wildman–Crippen LogP) is 1.87. The predicted molar refractivity (Wildman–Crippen MR) is 102 cm³/mol. The molecule has 0 saturated heterocycles. The SMILES string of the molecule is COCCOCCn1c2ccccc2c2ccc(C(=O)N=C(N)N)cc21. The summed E-state index contributed by atoms with van der Waals surface area (Å²) >= 11 is 0. The van der Waals surface area contributed by atoms with E-state index in [1.54, 1.807) is 13.2 Å². The molecule has 3 rings (SSSR count). The maximum Gasteiger partial charge on any atom is 0.280 e. The number of benzene rings is 2. The molecular formula is C19H22N4O3. The van der Waals surface area contributed by atoms with Crippen LogP contribution in [0.2, 0.25) is 0 Å². The fourth-order valence-corrected chi connectivity index (χ4v) is 3.01. The zero-order valence-electron chi connectivity index (χ0n) is 14.6. The van der Waals surface area contributed by atoms with Crippen LogP contribution < -0.4 is 11.5 Å². The number of methoxy groups -OCH3 is 1. The number of carbonyl (C=O) groups is 1. The fraction of sp³-hybridized carbons (Fsp3) is 0.263. The summed E-state index contributed by atoms with van der Waals surface area (Å²) in [6, 6.07) is 13.6. The van der Waals surface area contributed by atoms with Crippen LogP contribution in [0.1, 0.15) is 10.4 Å². The number of aliphatic imine (C=N–C) groups is 1. The lowest BCUT2D eigenvalue weighted by atomic mass is 10.1. The van der Waals surface area contributed by atoms with E-state index in [0.29, 0.717) is 31.9 Å². The van der Waals surface area contributed by atoms with E-state index in [-0.39, 0.29) is 5.96 Å². The van der Waals surface area contributed by atoms with Gasteiger partial charge in [-0.15, -0.1) is 0 Å². The summed E-state index contributed by atoms with van der Waals surface area (Å²) in [7, 11) is 1.64. The number of nitrogens with zero attached hydrogens (tertiary/aromatic N) is 2. The summed E-state index contributed by atoms with van der Waals surface area (Å²) in [6.07, 6.45) is 0. The highest BCUT2D eigenvalue weighted by atomic mass is 16.5. The lowest BCUT2D eigenvalue weighted by Crippen LogP contribution is -2.24. The van der Waals surface area contributed by atoms with Gasteiger partial charge < -0.3 is 25.5 Å². The number of hydrogen-bond donors (Lipinski definition) is 2. The minimum Gasteiger partial charge on any atom is -0.382 e. The molecule has 4 N–H and O–H groups in total. The van der Waals surface area contributed by atoms with Crippen molar-refractivity contribution in [1.29, 1.82) is 0 Å². The molecule has 0 atom stereocenters. The van der Waals surface area contributed by atoms with E-state index in [1.165, 1.54) is 0 Å². The summed E-state index contributed by atoms with van der Waals surface area (Å²) in [5.74, 6) is -0.706. The third kappa shape index (κ3) is 3.68. The monoisotopic (exact) mass is 354 g/mol. The smallest absolute Gasteiger partial charge is 0.280 e. The van der Waals surface area contributed by atoms with E-state index in [9.17, 15) is 4.79 Å². The summed E-state index contributed by atoms with van der Waals surface area (Å²) < 4.78 is 12.7. The first kappa shape index (κ1) is 17.9. The van der Waals surface area contributed by atoms with Crippen LogP contribution >= 0.6 is 0 Å². The first-order chi connectivity index (χ1) is 12.6. The number of guanidine groups is 1. The van der Waals surface area contributed by atoms with Crippen LogP contribution in [0.15, 0.2) is 47.5 Å². The van der Waals surface area contributed by atoms with Gasteiger partial charge in [0.05, 0.1) is 19.8 Å². The Morgan fingerprint density at radius 1 is 1.04 bits per heavy atom. The molecule has 136 valence electrons. The molecule has 3 aromatic rings. The van der Waals surface area contributed by atoms with E-state index >= 15 is 0 Å². The summed E-state index contributed by atoms with van der Waals surface area (Å²) in [6.45, 7) is 2.31. The van der Waals surface area contributed by atoms with Crippen LogP contribution in [0.4, 0.5) is 0 Å². The van der Waals surface area contributed by atoms with Gasteiger partial charge >= 0.3 is 0 Å². The molecule has 7 heteroatoms. The highest BCUT2D eigenvalue weighted by Gasteiger charge is 2.13. The Kier molecular flexibility index (Phi) is 5.50. The second-order valence-corrected chi connectivity index (χ2v) is 5.85. The summed E-state index contributed by atoms with van der Waals surface area (Å²) in [5, 5.41) is 2.19. The molecule has 0 bridgehead atoms. The van der Waals surface area contributed by atoms with E-state index in [2.05, 4.69) is 21.7 Å². The maximum absolute atomic E-state index is 12.2. The Balaban J connectivity index is 2.01. The number of para-hydroxylation sites is 1. The van der Waals surface area contributed by atoms with Gasteiger partial charge in [0.15, 0.2) is 5.96 Å². The number of hydrogen-bond acceptors (Lipinski definition) is 3. The van der Waals surface area contributed by atoms with Gasteiger partial charge in [0, 0.05) is 41.0 Å². The second kappa shape index (κ2) is 7.99. The highest BCUT2D eigenvalue weighted by molar-refractivity contribution is 6.11. The normalized spacial score (nSPS) is 11.1. The molecule has 0 saturated carbocycles. The molecule has 26 heavy (non-hydrogen) atoms. The van der Waals surface area contributed by atoms with Crippen molar-refractivity contribution in [3.8, 4) is 0 Å². The molecule has 7 nitrogen and oxygen atoms in total. The minimum atomic E-state index is -0.458. The highest BCUT2D eigenvalue weighted by Crippen LogP contribution is 2.29. The van der Waals surface area contributed by atoms with Gasteiger partial charge in [-0.3, -0.25) is 4.79 Å². The van der Waals surface area contributed by atoms with Crippen LogP contribution in [0, 0.1) is 0 Å². The van der Waals surface area contributed by atoms with Crippen LogP contribution in [0.25, 0.3) is 21.8 Å². The van der Waals surface area contributed by atoms with Gasteiger partial charge in [-0.2, -0.15) is 4.99 Å². The van der Waals surface area contributed by atoms with Gasteiger partial charge in [0.25, 0.3) is 5.91 Å². The van der Waals surface area contributed by atoms with Crippen molar-refractivity contribution in [1.82, 2.24) is 4.57 Å². The van der Waals surface area contributed by atoms with Crippen LogP contribution in [0.3, 0.4) is 0 Å². The Labute approximate surface area is 151 Å². The van der Waals surface area contributed by atoms with Gasteiger partial charge in [-0.1, -0.05) is 24.3 Å². The maximum atomic E-state index is 12.2. The zero-order chi connectivity index (χ0) is 18.5. The molecular weight excluding hydrogens is 332 g/mol. The van der Waals surface area contributed by atoms with Gasteiger partial charge in [-0.25, -0.2) is 0 Å². The van der Waals surface area contributed by atoms with Crippen molar-refractivity contribution in [2.24, 2.45) is 16.5 Å². The molecule has 1 heterocycles. The standard InChI is InChI=1S/C19H22N4O3/c1-25-10-11-26-9-8-23-16-5-3-2-4-14(16)15-7-6-13(12-17(15)23)18(24)22-19(20)21/h2-7,12H,8-11H2,1H3,(H4,20,21,22,24). The number of amides is 1. The quantitative estimate of drug-likeness (QED) is 0.383. The van der Waals surface area contributed by atoms with Crippen LogP contribution in [0.5, 0.6) is 0 Å². The molecule has 0 spiro atoms. The van der Waals surface area contributed by atoms with Crippen molar-refractivity contribution in [2.75, 3.05) is 26.9 Å². The van der Waals surface area contributed by atoms with E-state index < -0.39 is 5.91 Å². The average Bonchev–Trinajstić information content (AvgIpc) is 2.94. The Morgan fingerprint density at radius 2 is 1.81 bits per heavy atom. The van der Waals surface area contributed by atoms with Crippen LogP contribution in [-0.2, 0) is 16.0 Å². The Hall–Kier alpha value is -2.90. The second-order valence-electron chi connectivity index (χ2n) is 5.85. The number of nitrogens with two attached hydrogens (primary N) is 2. The Morgan fingerprint density at radius 3 is 2.58 bits per heavy atom. The lowest BCUT2D eigenvalue weighted by Gasteiger charge is -2.09. The third-order valence-electron chi connectivity index (χ3n) is 4.14. The number of aromatic nitrogens is 1. The average molecular weight is 354 g/mol. The molecule has 0 aliphatic heterocycles. The largest absolute Gasteiger partial charge is 0.382 e. The zero-order valence-corrected chi connectivity index (χ0v) is 14.6. The fourth-order valence-electron chi connectivity index (χ4n) is 3.01. The number of fused-ring (bicyclic) bond motifs is 3. The van der Waals surface area contributed by atoms with Crippen molar-refractivity contribution in [3.63, 3.8) is 0 Å². The van der Waals surface area contributed by atoms with Crippen molar-refractivity contribution < 1.29 is 14.3 Å². The molecule has 0 radical (unpaired) electrons. The Bertz CT molecular complexity index is 958. The van der Waals surface area contributed by atoms with Crippen molar-refractivity contribution in [3.05, 3.63) is 48.0 Å². The molecule has 1 aromatic heterocycles. The molecule has 0 aliphatic rings. The number of rotatable bonds is 7. The molecule has 0 aliphatic carbocycles. The van der Waals surface area contributed by atoms with Crippen molar-refractivity contribution in [2.45, 2.75) is 6.54 Å². The topological polar surface area (TPSA) is 105 Å². The molecule has 1 amide bonds. The molecule has 2 aromatic carbocycles. The molecule has 0 fully saturated rings. The van der Waals surface area contributed by atoms with E-state index in [1.807, 2.05) is 24.3 Å². The van der Waals surface area contributed by atoms with E-state index in [4.69, 9.17) is 20.9 Å². The third-order valence-corrected chi connectivity index (χ3v) is 4.14. The van der Waals surface area contributed by atoms with Gasteiger partial charge in [-0.05, 0) is 18.2 Å². The first-order valence-corrected chi connectivity index (χ1v) is 8.33.